The number of fused-ring (bicyclic) bond motifs is 3. The van der Waals surface area contributed by atoms with Crippen molar-refractivity contribution in [3.63, 3.8) is 0 Å². The molecule has 0 atom stereocenters. The molecule has 33 heavy (non-hydrogen) atoms. The zero-order chi connectivity index (χ0) is 22.9. The molecule has 0 saturated heterocycles. The number of carbonyl (C=O) groups is 1. The fraction of sp³-hybridized carbons (Fsp3) is 0.167. The summed E-state index contributed by atoms with van der Waals surface area (Å²) in [5.74, 6) is -0.674. The monoisotopic (exact) mass is 444 g/mol. The second-order valence-electron chi connectivity index (χ2n) is 7.54. The minimum atomic E-state index is -0.362. The number of hydrogen-bond donors (Lipinski definition) is 2. The van der Waals surface area contributed by atoms with Crippen molar-refractivity contribution in [3.8, 4) is 17.1 Å². The Hall–Kier alpha value is -4.11. The van der Waals surface area contributed by atoms with Gasteiger partial charge in [0.2, 0.25) is 0 Å². The third-order valence-corrected chi connectivity index (χ3v) is 5.36. The number of carbonyl (C=O) groups excluding carboxylic acids is 1. The number of nitrogens with one attached hydrogen (secondary N) is 1. The van der Waals surface area contributed by atoms with E-state index >= 15 is 0 Å². The van der Waals surface area contributed by atoms with Gasteiger partial charge in [-0.3, -0.25) is 9.20 Å². The van der Waals surface area contributed by atoms with Gasteiger partial charge in [-0.1, -0.05) is 6.92 Å². The van der Waals surface area contributed by atoms with E-state index in [9.17, 15) is 9.18 Å². The number of imidazole rings is 1. The van der Waals surface area contributed by atoms with Crippen molar-refractivity contribution in [1.82, 2.24) is 29.5 Å². The highest BCUT2D eigenvalue weighted by Crippen LogP contribution is 2.26. The van der Waals surface area contributed by atoms with Crippen LogP contribution >= 0.6 is 0 Å². The molecule has 0 aliphatic rings. The number of rotatable bonds is 6. The number of aliphatic hydroxyl groups excluding tert-OH is 1. The number of amides is 1. The van der Waals surface area contributed by atoms with Crippen LogP contribution in [0.3, 0.4) is 0 Å². The van der Waals surface area contributed by atoms with Crippen molar-refractivity contribution in [3.05, 3.63) is 78.0 Å². The molecular formula is C24H21FN6O2. The summed E-state index contributed by atoms with van der Waals surface area (Å²) in [6.07, 6.45) is 2.38. The molecule has 0 unspecified atom stereocenters. The summed E-state index contributed by atoms with van der Waals surface area (Å²) in [5, 5.41) is 17.1. The van der Waals surface area contributed by atoms with Gasteiger partial charge in [-0.15, -0.1) is 0 Å². The topological polar surface area (TPSA) is 97.3 Å². The summed E-state index contributed by atoms with van der Waals surface area (Å²) in [6, 6.07) is 15.7. The minimum absolute atomic E-state index is 0.144. The molecule has 0 fully saturated rings. The standard InChI is InChI=1S/C24H21FN6O2/c1-2-17-13-21(31(29-17)18-7-5-16(25)6-8-18)19-9-3-15-4-10-22-27-20(24(33)26-11-12-32)14-30(22)23(15)28-19/h3-10,13-14,32H,2,11-12H2,1H3,(H,26,33). The predicted octanol–water partition coefficient (Wildman–Crippen LogP) is 3.16. The molecule has 0 radical (unpaired) electrons. The van der Waals surface area contributed by atoms with Gasteiger partial charge < -0.3 is 10.4 Å². The van der Waals surface area contributed by atoms with Gasteiger partial charge in [0.05, 0.1) is 29.4 Å². The maximum atomic E-state index is 13.5. The fourth-order valence-electron chi connectivity index (χ4n) is 3.70. The van der Waals surface area contributed by atoms with Crippen LogP contribution in [0, 0.1) is 5.82 Å². The summed E-state index contributed by atoms with van der Waals surface area (Å²) in [5.41, 5.74) is 4.56. The van der Waals surface area contributed by atoms with E-state index in [1.54, 1.807) is 27.4 Å². The predicted molar refractivity (Wildman–Crippen MR) is 122 cm³/mol. The Morgan fingerprint density at radius 2 is 1.88 bits per heavy atom. The highest BCUT2D eigenvalue weighted by atomic mass is 19.1. The van der Waals surface area contributed by atoms with Crippen molar-refractivity contribution in [2.75, 3.05) is 13.2 Å². The molecule has 0 spiro atoms. The third kappa shape index (κ3) is 3.83. The van der Waals surface area contributed by atoms with Crippen molar-refractivity contribution in [1.29, 1.82) is 0 Å². The van der Waals surface area contributed by atoms with Crippen molar-refractivity contribution >= 4 is 22.6 Å². The lowest BCUT2D eigenvalue weighted by atomic mass is 10.2. The molecule has 1 aromatic carbocycles. The van der Waals surface area contributed by atoms with Crippen LogP contribution in [0.4, 0.5) is 4.39 Å². The average molecular weight is 444 g/mol. The van der Waals surface area contributed by atoms with E-state index in [2.05, 4.69) is 15.4 Å². The van der Waals surface area contributed by atoms with Crippen LogP contribution in [0.2, 0.25) is 0 Å². The first-order valence-electron chi connectivity index (χ1n) is 10.6. The van der Waals surface area contributed by atoms with Gasteiger partial charge in [0, 0.05) is 18.1 Å². The molecule has 5 aromatic rings. The Morgan fingerprint density at radius 3 is 2.64 bits per heavy atom. The van der Waals surface area contributed by atoms with Gasteiger partial charge in [-0.25, -0.2) is 19.0 Å². The zero-order valence-corrected chi connectivity index (χ0v) is 17.9. The lowest BCUT2D eigenvalue weighted by molar-refractivity contribution is 0.0940. The molecule has 166 valence electrons. The number of benzene rings is 1. The molecule has 0 saturated carbocycles. The number of hydrogen-bond acceptors (Lipinski definition) is 5. The summed E-state index contributed by atoms with van der Waals surface area (Å²) >= 11 is 0. The summed E-state index contributed by atoms with van der Waals surface area (Å²) in [7, 11) is 0. The normalized spacial score (nSPS) is 11.4. The number of aromatic nitrogens is 5. The first kappa shape index (κ1) is 20.8. The average Bonchev–Trinajstić information content (AvgIpc) is 3.47. The van der Waals surface area contributed by atoms with E-state index in [1.165, 1.54) is 12.1 Å². The van der Waals surface area contributed by atoms with E-state index in [4.69, 9.17) is 10.1 Å². The lowest BCUT2D eigenvalue weighted by Crippen LogP contribution is -2.26. The summed E-state index contributed by atoms with van der Waals surface area (Å²) < 4.78 is 17.0. The van der Waals surface area contributed by atoms with Crippen molar-refractivity contribution in [2.24, 2.45) is 0 Å². The molecule has 1 amide bonds. The van der Waals surface area contributed by atoms with E-state index in [0.29, 0.717) is 17.0 Å². The van der Waals surface area contributed by atoms with Crippen LogP contribution < -0.4 is 5.32 Å². The molecule has 4 heterocycles. The van der Waals surface area contributed by atoms with Gasteiger partial charge in [0.25, 0.3) is 5.91 Å². The van der Waals surface area contributed by atoms with Crippen LogP contribution in [0.15, 0.2) is 60.8 Å². The van der Waals surface area contributed by atoms with Crippen LogP contribution in [-0.4, -0.2) is 48.3 Å². The first-order chi connectivity index (χ1) is 16.1. The highest BCUT2D eigenvalue weighted by molar-refractivity contribution is 5.93. The Labute approximate surface area is 188 Å². The fourth-order valence-corrected chi connectivity index (χ4v) is 3.70. The van der Waals surface area contributed by atoms with Crippen LogP contribution in [0.5, 0.6) is 0 Å². The smallest absolute Gasteiger partial charge is 0.271 e. The van der Waals surface area contributed by atoms with Crippen molar-refractivity contribution < 1.29 is 14.3 Å². The van der Waals surface area contributed by atoms with Crippen LogP contribution in [-0.2, 0) is 6.42 Å². The zero-order valence-electron chi connectivity index (χ0n) is 17.9. The number of aliphatic hydroxyl groups is 1. The number of halogens is 1. The molecule has 0 bridgehead atoms. The molecule has 8 nitrogen and oxygen atoms in total. The quantitative estimate of drug-likeness (QED) is 0.419. The minimum Gasteiger partial charge on any atom is -0.395 e. The Kier molecular flexibility index (Phi) is 5.31. The largest absolute Gasteiger partial charge is 0.395 e. The van der Waals surface area contributed by atoms with Gasteiger partial charge in [-0.05, 0) is 61.0 Å². The van der Waals surface area contributed by atoms with Crippen LogP contribution in [0.1, 0.15) is 23.1 Å². The van der Waals surface area contributed by atoms with E-state index in [0.717, 1.165) is 28.9 Å². The molecule has 5 rings (SSSR count). The lowest BCUT2D eigenvalue weighted by Gasteiger charge is -2.09. The number of aryl methyl sites for hydroxylation is 1. The molecule has 2 N–H and O–H groups in total. The maximum absolute atomic E-state index is 13.5. The van der Waals surface area contributed by atoms with Gasteiger partial charge in [-0.2, -0.15) is 5.10 Å². The first-order valence-corrected chi connectivity index (χ1v) is 10.6. The Morgan fingerprint density at radius 1 is 1.09 bits per heavy atom. The molecule has 4 aromatic heterocycles. The van der Waals surface area contributed by atoms with E-state index in [1.807, 2.05) is 37.3 Å². The number of pyridine rings is 2. The van der Waals surface area contributed by atoms with Crippen LogP contribution in [0.25, 0.3) is 33.8 Å². The van der Waals surface area contributed by atoms with E-state index < -0.39 is 0 Å². The maximum Gasteiger partial charge on any atom is 0.271 e. The SMILES string of the molecule is CCc1cc(-c2ccc3ccc4nc(C(=O)NCCO)cn4c3n2)n(-c2ccc(F)cc2)n1. The van der Waals surface area contributed by atoms with Gasteiger partial charge >= 0.3 is 0 Å². The molecule has 0 aliphatic heterocycles. The third-order valence-electron chi connectivity index (χ3n) is 5.36. The molecule has 9 heteroatoms. The highest BCUT2D eigenvalue weighted by Gasteiger charge is 2.16. The molecular weight excluding hydrogens is 423 g/mol. The molecule has 0 aliphatic carbocycles. The summed E-state index contributed by atoms with van der Waals surface area (Å²) in [4.78, 5) is 21.6. The second-order valence-corrected chi connectivity index (χ2v) is 7.54. The van der Waals surface area contributed by atoms with Gasteiger partial charge in [0.15, 0.2) is 0 Å². The van der Waals surface area contributed by atoms with Crippen molar-refractivity contribution in [2.45, 2.75) is 13.3 Å². The van der Waals surface area contributed by atoms with Gasteiger partial charge in [0.1, 0.15) is 22.8 Å². The summed E-state index contributed by atoms with van der Waals surface area (Å²) in [6.45, 7) is 2.03. The Balaban J connectivity index is 1.64. The number of nitrogens with zero attached hydrogens (tertiary/aromatic N) is 5. The second kappa shape index (κ2) is 8.44. The Bertz CT molecular complexity index is 1470. The van der Waals surface area contributed by atoms with E-state index in [-0.39, 0.29) is 30.6 Å².